The molecule has 29 heavy (non-hydrogen) atoms. The third-order valence-electron chi connectivity index (χ3n) is 5.84. The minimum atomic E-state index is -0.387. The van der Waals surface area contributed by atoms with Crippen molar-refractivity contribution in [2.24, 2.45) is 5.92 Å². The van der Waals surface area contributed by atoms with Crippen LogP contribution in [0.15, 0.2) is 48.8 Å². The number of ether oxygens (including phenoxy) is 1. The molecule has 1 atom stereocenters. The first-order chi connectivity index (χ1) is 14.2. The van der Waals surface area contributed by atoms with Gasteiger partial charge in [-0.3, -0.25) is 14.6 Å². The lowest BCUT2D eigenvalue weighted by molar-refractivity contribution is -0.139. The van der Waals surface area contributed by atoms with Gasteiger partial charge in [-0.2, -0.15) is 0 Å². The summed E-state index contributed by atoms with van der Waals surface area (Å²) in [6.07, 6.45) is 7.04. The molecule has 1 saturated heterocycles. The highest BCUT2D eigenvalue weighted by atomic mass is 16.5. The Morgan fingerprint density at radius 1 is 1.14 bits per heavy atom. The minimum absolute atomic E-state index is 0.0736. The Labute approximate surface area is 171 Å². The molecule has 2 aromatic rings. The van der Waals surface area contributed by atoms with Gasteiger partial charge in [0.05, 0.1) is 0 Å². The lowest BCUT2D eigenvalue weighted by Gasteiger charge is -2.33. The van der Waals surface area contributed by atoms with Crippen LogP contribution in [0.25, 0.3) is 0 Å². The number of hydrogen-bond donors (Lipinski definition) is 1. The SMILES string of the molecule is O=C(CCC1CCN(C(=O)[C@H]2Cc3ccccc3O2)CC1)NCc1cccnc1. The summed E-state index contributed by atoms with van der Waals surface area (Å²) < 4.78 is 5.84. The highest BCUT2D eigenvalue weighted by Gasteiger charge is 2.33. The van der Waals surface area contributed by atoms with Crippen LogP contribution in [-0.4, -0.2) is 40.9 Å². The fourth-order valence-corrected chi connectivity index (χ4v) is 4.09. The maximum absolute atomic E-state index is 12.8. The summed E-state index contributed by atoms with van der Waals surface area (Å²) in [5, 5.41) is 2.95. The van der Waals surface area contributed by atoms with E-state index in [2.05, 4.69) is 10.3 Å². The largest absolute Gasteiger partial charge is 0.480 e. The van der Waals surface area contributed by atoms with Crippen molar-refractivity contribution in [3.8, 4) is 5.75 Å². The standard InChI is InChI=1S/C23H27N3O3/c27-22(25-16-18-4-3-11-24-15-18)8-7-17-9-12-26(13-10-17)23(28)21-14-19-5-1-2-6-20(19)29-21/h1-6,11,15,17,21H,7-10,12-14,16H2,(H,25,27)/t21-/m1/s1. The molecule has 0 spiro atoms. The molecule has 0 aliphatic carbocycles. The first-order valence-corrected chi connectivity index (χ1v) is 10.4. The topological polar surface area (TPSA) is 71.5 Å². The van der Waals surface area contributed by atoms with Gasteiger partial charge in [0.1, 0.15) is 5.75 Å². The van der Waals surface area contributed by atoms with Gasteiger partial charge in [0.15, 0.2) is 6.10 Å². The predicted octanol–water partition coefficient (Wildman–Crippen LogP) is 2.72. The Morgan fingerprint density at radius 2 is 1.97 bits per heavy atom. The molecule has 6 heteroatoms. The van der Waals surface area contributed by atoms with Crippen molar-refractivity contribution in [1.82, 2.24) is 15.2 Å². The summed E-state index contributed by atoms with van der Waals surface area (Å²) >= 11 is 0. The predicted molar refractivity (Wildman–Crippen MR) is 109 cm³/mol. The van der Waals surface area contributed by atoms with Gasteiger partial charge >= 0.3 is 0 Å². The van der Waals surface area contributed by atoms with Gasteiger partial charge in [-0.1, -0.05) is 24.3 Å². The van der Waals surface area contributed by atoms with Gasteiger partial charge in [-0.25, -0.2) is 0 Å². The van der Waals surface area contributed by atoms with Crippen molar-refractivity contribution < 1.29 is 14.3 Å². The number of carbonyl (C=O) groups is 2. The molecule has 0 bridgehead atoms. The van der Waals surface area contributed by atoms with E-state index in [0.29, 0.717) is 25.3 Å². The van der Waals surface area contributed by atoms with Crippen molar-refractivity contribution in [3.05, 3.63) is 59.9 Å². The van der Waals surface area contributed by atoms with Crippen LogP contribution in [0.5, 0.6) is 5.75 Å². The maximum Gasteiger partial charge on any atom is 0.263 e. The fraction of sp³-hybridized carbons (Fsp3) is 0.435. The Morgan fingerprint density at radius 3 is 2.72 bits per heavy atom. The van der Waals surface area contributed by atoms with Crippen LogP contribution in [0.3, 0.4) is 0 Å². The van der Waals surface area contributed by atoms with E-state index in [1.165, 1.54) is 0 Å². The molecule has 1 N–H and O–H groups in total. The smallest absolute Gasteiger partial charge is 0.263 e. The zero-order valence-electron chi connectivity index (χ0n) is 16.5. The van der Waals surface area contributed by atoms with E-state index in [9.17, 15) is 9.59 Å². The Balaban J connectivity index is 1.16. The van der Waals surface area contributed by atoms with Crippen LogP contribution in [0, 0.1) is 5.92 Å². The van der Waals surface area contributed by atoms with E-state index < -0.39 is 0 Å². The fourth-order valence-electron chi connectivity index (χ4n) is 4.09. The summed E-state index contributed by atoms with van der Waals surface area (Å²) in [6.45, 7) is 2.01. The molecule has 2 amide bonds. The third-order valence-corrected chi connectivity index (χ3v) is 5.84. The third kappa shape index (κ3) is 4.94. The highest BCUT2D eigenvalue weighted by Crippen LogP contribution is 2.30. The molecule has 1 fully saturated rings. The molecule has 2 aliphatic heterocycles. The Hall–Kier alpha value is -2.89. The number of benzene rings is 1. The quantitative estimate of drug-likeness (QED) is 0.819. The molecule has 0 radical (unpaired) electrons. The van der Waals surface area contributed by atoms with E-state index in [0.717, 1.165) is 49.2 Å². The Bertz CT molecular complexity index is 822. The number of aromatic nitrogens is 1. The number of likely N-dealkylation sites (tertiary alicyclic amines) is 1. The van der Waals surface area contributed by atoms with Gasteiger partial charge in [-0.05, 0) is 48.4 Å². The number of carbonyl (C=O) groups excluding carboxylic acids is 2. The number of nitrogens with one attached hydrogen (secondary N) is 1. The molecule has 3 heterocycles. The molecular formula is C23H27N3O3. The minimum Gasteiger partial charge on any atom is -0.480 e. The molecule has 6 nitrogen and oxygen atoms in total. The van der Waals surface area contributed by atoms with E-state index in [1.807, 2.05) is 41.3 Å². The number of pyridine rings is 1. The summed E-state index contributed by atoms with van der Waals surface area (Å²) in [4.78, 5) is 30.9. The molecule has 2 aliphatic rings. The lowest BCUT2D eigenvalue weighted by atomic mass is 9.91. The summed E-state index contributed by atoms with van der Waals surface area (Å²) in [5.41, 5.74) is 2.11. The molecule has 4 rings (SSSR count). The number of para-hydroxylation sites is 1. The van der Waals surface area contributed by atoms with Crippen LogP contribution < -0.4 is 10.1 Å². The maximum atomic E-state index is 12.8. The zero-order valence-corrected chi connectivity index (χ0v) is 16.5. The van der Waals surface area contributed by atoms with Crippen LogP contribution in [0.1, 0.15) is 36.8 Å². The molecule has 1 aromatic heterocycles. The van der Waals surface area contributed by atoms with E-state index in [4.69, 9.17) is 4.74 Å². The number of nitrogens with zero attached hydrogens (tertiary/aromatic N) is 2. The van der Waals surface area contributed by atoms with Crippen molar-refractivity contribution in [2.45, 2.75) is 44.8 Å². The van der Waals surface area contributed by atoms with Gasteiger partial charge in [-0.15, -0.1) is 0 Å². The van der Waals surface area contributed by atoms with E-state index in [1.54, 1.807) is 12.4 Å². The highest BCUT2D eigenvalue weighted by molar-refractivity contribution is 5.82. The first-order valence-electron chi connectivity index (χ1n) is 10.4. The first kappa shape index (κ1) is 19.4. The molecular weight excluding hydrogens is 366 g/mol. The van der Waals surface area contributed by atoms with Crippen LogP contribution >= 0.6 is 0 Å². The second-order valence-electron chi connectivity index (χ2n) is 7.86. The summed E-state index contributed by atoms with van der Waals surface area (Å²) in [5.74, 6) is 1.49. The number of amides is 2. The van der Waals surface area contributed by atoms with Crippen molar-refractivity contribution in [3.63, 3.8) is 0 Å². The summed E-state index contributed by atoms with van der Waals surface area (Å²) in [6, 6.07) is 11.7. The average Bonchev–Trinajstić information content (AvgIpc) is 3.21. The summed E-state index contributed by atoms with van der Waals surface area (Å²) in [7, 11) is 0. The number of rotatable bonds is 6. The van der Waals surface area contributed by atoms with Crippen molar-refractivity contribution >= 4 is 11.8 Å². The van der Waals surface area contributed by atoms with Gasteiger partial charge < -0.3 is 15.0 Å². The van der Waals surface area contributed by atoms with Crippen LogP contribution in [0.2, 0.25) is 0 Å². The number of hydrogen-bond acceptors (Lipinski definition) is 4. The van der Waals surface area contributed by atoms with Gasteiger partial charge in [0, 0.05) is 44.9 Å². The monoisotopic (exact) mass is 393 g/mol. The van der Waals surface area contributed by atoms with Crippen LogP contribution in [-0.2, 0) is 22.6 Å². The second kappa shape index (κ2) is 9.07. The molecule has 1 aromatic carbocycles. The van der Waals surface area contributed by atoms with E-state index >= 15 is 0 Å². The normalized spacial score (nSPS) is 18.8. The molecule has 152 valence electrons. The van der Waals surface area contributed by atoms with Crippen molar-refractivity contribution in [2.75, 3.05) is 13.1 Å². The number of piperidine rings is 1. The van der Waals surface area contributed by atoms with Crippen molar-refractivity contribution in [1.29, 1.82) is 0 Å². The van der Waals surface area contributed by atoms with Crippen LogP contribution in [0.4, 0.5) is 0 Å². The molecule has 0 saturated carbocycles. The lowest BCUT2D eigenvalue weighted by Crippen LogP contribution is -2.45. The zero-order chi connectivity index (χ0) is 20.1. The molecule has 0 unspecified atom stereocenters. The Kier molecular flexibility index (Phi) is 6.08. The average molecular weight is 393 g/mol. The van der Waals surface area contributed by atoms with Gasteiger partial charge in [0.2, 0.25) is 5.91 Å². The second-order valence-corrected chi connectivity index (χ2v) is 7.86. The van der Waals surface area contributed by atoms with E-state index in [-0.39, 0.29) is 17.9 Å². The van der Waals surface area contributed by atoms with Gasteiger partial charge in [0.25, 0.3) is 5.91 Å². The number of fused-ring (bicyclic) bond motifs is 1.